The molecule has 0 radical (unpaired) electrons. The SMILES string of the molecule is CSC(CO)C(C)NCC(C)O. The zero-order valence-corrected chi connectivity index (χ0v) is 8.77. The van der Waals surface area contributed by atoms with Crippen LogP contribution in [0.5, 0.6) is 0 Å². The summed E-state index contributed by atoms with van der Waals surface area (Å²) in [6.07, 6.45) is 1.65. The molecule has 0 fully saturated rings. The highest BCUT2D eigenvalue weighted by Crippen LogP contribution is 2.09. The molecule has 0 heterocycles. The van der Waals surface area contributed by atoms with Crippen molar-refractivity contribution in [3.8, 4) is 0 Å². The van der Waals surface area contributed by atoms with Crippen molar-refractivity contribution in [1.82, 2.24) is 5.32 Å². The van der Waals surface area contributed by atoms with Crippen molar-refractivity contribution in [2.75, 3.05) is 19.4 Å². The maximum Gasteiger partial charge on any atom is 0.0636 e. The Morgan fingerprint density at radius 2 is 2.00 bits per heavy atom. The van der Waals surface area contributed by atoms with E-state index in [-0.39, 0.29) is 24.0 Å². The molecule has 0 aliphatic rings. The van der Waals surface area contributed by atoms with Crippen molar-refractivity contribution in [2.24, 2.45) is 0 Å². The van der Waals surface area contributed by atoms with Crippen LogP contribution in [0, 0.1) is 0 Å². The van der Waals surface area contributed by atoms with Crippen LogP contribution in [0.1, 0.15) is 13.8 Å². The molecule has 0 aromatic rings. The van der Waals surface area contributed by atoms with Crippen LogP contribution in [-0.2, 0) is 0 Å². The van der Waals surface area contributed by atoms with Crippen LogP contribution >= 0.6 is 11.8 Å². The molecule has 3 nitrogen and oxygen atoms in total. The van der Waals surface area contributed by atoms with E-state index >= 15 is 0 Å². The molecule has 0 aromatic heterocycles. The van der Waals surface area contributed by atoms with Gasteiger partial charge in [-0.1, -0.05) is 0 Å². The van der Waals surface area contributed by atoms with Crippen LogP contribution < -0.4 is 5.32 Å². The maximum atomic E-state index is 9.00. The molecular weight excluding hydrogens is 174 g/mol. The predicted octanol–water partition coefficient (Wildman–Crippen LogP) is 0.0692. The Balaban J connectivity index is 3.61. The molecular formula is C8H19NO2S. The van der Waals surface area contributed by atoms with E-state index in [1.165, 1.54) is 0 Å². The van der Waals surface area contributed by atoms with Gasteiger partial charge in [0.25, 0.3) is 0 Å². The minimum atomic E-state index is -0.325. The van der Waals surface area contributed by atoms with Gasteiger partial charge < -0.3 is 15.5 Å². The van der Waals surface area contributed by atoms with Gasteiger partial charge in [0, 0.05) is 17.8 Å². The lowest BCUT2D eigenvalue weighted by Gasteiger charge is -2.21. The predicted molar refractivity (Wildman–Crippen MR) is 53.5 cm³/mol. The van der Waals surface area contributed by atoms with Crippen molar-refractivity contribution in [3.05, 3.63) is 0 Å². The molecule has 0 saturated heterocycles. The highest BCUT2D eigenvalue weighted by Gasteiger charge is 2.14. The van der Waals surface area contributed by atoms with Crippen LogP contribution in [-0.4, -0.2) is 47.0 Å². The Bertz CT molecular complexity index is 107. The first-order valence-electron chi connectivity index (χ1n) is 4.17. The Hall–Kier alpha value is 0.230. The molecule has 3 atom stereocenters. The van der Waals surface area contributed by atoms with Crippen molar-refractivity contribution in [2.45, 2.75) is 31.2 Å². The van der Waals surface area contributed by atoms with E-state index in [9.17, 15) is 0 Å². The molecule has 74 valence electrons. The van der Waals surface area contributed by atoms with E-state index in [0.717, 1.165) is 0 Å². The molecule has 0 saturated carbocycles. The minimum absolute atomic E-state index is 0.176. The van der Waals surface area contributed by atoms with Gasteiger partial charge in [-0.15, -0.1) is 0 Å². The first-order valence-corrected chi connectivity index (χ1v) is 5.45. The van der Waals surface area contributed by atoms with Gasteiger partial charge in [0.2, 0.25) is 0 Å². The molecule has 0 aromatic carbocycles. The number of thioether (sulfide) groups is 1. The summed E-state index contributed by atoms with van der Waals surface area (Å²) < 4.78 is 0. The average Bonchev–Trinajstić information content (AvgIpc) is 2.03. The van der Waals surface area contributed by atoms with E-state index in [1.54, 1.807) is 18.7 Å². The number of rotatable bonds is 6. The van der Waals surface area contributed by atoms with E-state index in [4.69, 9.17) is 10.2 Å². The zero-order chi connectivity index (χ0) is 9.56. The largest absolute Gasteiger partial charge is 0.395 e. The molecule has 0 amide bonds. The van der Waals surface area contributed by atoms with Crippen molar-refractivity contribution >= 4 is 11.8 Å². The Morgan fingerprint density at radius 3 is 2.33 bits per heavy atom. The molecule has 12 heavy (non-hydrogen) atoms. The monoisotopic (exact) mass is 193 g/mol. The first kappa shape index (κ1) is 12.2. The lowest BCUT2D eigenvalue weighted by molar-refractivity contribution is 0.183. The molecule has 0 aliphatic heterocycles. The second-order valence-corrected chi connectivity index (χ2v) is 4.08. The fourth-order valence-electron chi connectivity index (χ4n) is 0.925. The summed E-state index contributed by atoms with van der Waals surface area (Å²) >= 11 is 1.64. The molecule has 0 rings (SSSR count). The molecule has 4 heteroatoms. The quantitative estimate of drug-likeness (QED) is 0.559. The third-order valence-corrected chi connectivity index (χ3v) is 2.94. The van der Waals surface area contributed by atoms with Crippen LogP contribution in [0.3, 0.4) is 0 Å². The van der Waals surface area contributed by atoms with Crippen molar-refractivity contribution in [1.29, 1.82) is 0 Å². The van der Waals surface area contributed by atoms with E-state index in [1.807, 2.05) is 13.2 Å². The highest BCUT2D eigenvalue weighted by atomic mass is 32.2. The van der Waals surface area contributed by atoms with Gasteiger partial charge in [0.05, 0.1) is 12.7 Å². The summed E-state index contributed by atoms with van der Waals surface area (Å²) in [5, 5.41) is 21.3. The van der Waals surface area contributed by atoms with Crippen LogP contribution in [0.25, 0.3) is 0 Å². The first-order chi connectivity index (χ1) is 5.61. The summed E-state index contributed by atoms with van der Waals surface area (Å²) in [6, 6.07) is 0.236. The molecule has 3 unspecified atom stereocenters. The lowest BCUT2D eigenvalue weighted by Crippen LogP contribution is -2.40. The number of aliphatic hydroxyl groups excluding tert-OH is 2. The summed E-state index contributed by atoms with van der Waals surface area (Å²) in [7, 11) is 0. The summed E-state index contributed by atoms with van der Waals surface area (Å²) in [5.41, 5.74) is 0. The smallest absolute Gasteiger partial charge is 0.0636 e. The van der Waals surface area contributed by atoms with Gasteiger partial charge in [0.1, 0.15) is 0 Å². The Kier molecular flexibility index (Phi) is 6.84. The third-order valence-electron chi connectivity index (χ3n) is 1.78. The Labute approximate surface area is 78.6 Å². The Morgan fingerprint density at radius 1 is 1.42 bits per heavy atom. The van der Waals surface area contributed by atoms with Gasteiger partial charge >= 0.3 is 0 Å². The fourth-order valence-corrected chi connectivity index (χ4v) is 1.58. The molecule has 0 spiro atoms. The van der Waals surface area contributed by atoms with Gasteiger partial charge in [-0.25, -0.2) is 0 Å². The van der Waals surface area contributed by atoms with Gasteiger partial charge in [-0.2, -0.15) is 11.8 Å². The maximum absolute atomic E-state index is 9.00. The number of hydrogen-bond acceptors (Lipinski definition) is 4. The van der Waals surface area contributed by atoms with Gasteiger partial charge in [-0.3, -0.25) is 0 Å². The second-order valence-electron chi connectivity index (χ2n) is 3.00. The summed E-state index contributed by atoms with van der Waals surface area (Å²) in [6.45, 7) is 4.51. The van der Waals surface area contributed by atoms with Crippen LogP contribution in [0.4, 0.5) is 0 Å². The van der Waals surface area contributed by atoms with E-state index in [2.05, 4.69) is 5.32 Å². The zero-order valence-electron chi connectivity index (χ0n) is 7.95. The van der Waals surface area contributed by atoms with Crippen LogP contribution in [0.2, 0.25) is 0 Å². The topological polar surface area (TPSA) is 52.5 Å². The summed E-state index contributed by atoms with van der Waals surface area (Å²) in [5.74, 6) is 0. The van der Waals surface area contributed by atoms with Crippen molar-refractivity contribution in [3.63, 3.8) is 0 Å². The highest BCUT2D eigenvalue weighted by molar-refractivity contribution is 7.99. The number of nitrogens with one attached hydrogen (secondary N) is 1. The second kappa shape index (κ2) is 6.71. The standard InChI is InChI=1S/C8H19NO2S/c1-6(11)4-9-7(2)8(5-10)12-3/h6-11H,4-5H2,1-3H3. The lowest BCUT2D eigenvalue weighted by atomic mass is 10.2. The average molecular weight is 193 g/mol. The van der Waals surface area contributed by atoms with E-state index in [0.29, 0.717) is 6.54 Å². The normalized spacial score (nSPS) is 18.8. The number of aliphatic hydroxyl groups is 2. The minimum Gasteiger partial charge on any atom is -0.395 e. The fraction of sp³-hybridized carbons (Fsp3) is 1.00. The van der Waals surface area contributed by atoms with Crippen molar-refractivity contribution < 1.29 is 10.2 Å². The third kappa shape index (κ3) is 4.98. The summed E-state index contributed by atoms with van der Waals surface area (Å²) in [4.78, 5) is 0. The van der Waals surface area contributed by atoms with Gasteiger partial charge in [0.15, 0.2) is 0 Å². The van der Waals surface area contributed by atoms with Gasteiger partial charge in [-0.05, 0) is 20.1 Å². The van der Waals surface area contributed by atoms with E-state index < -0.39 is 0 Å². The molecule has 3 N–H and O–H groups in total. The molecule has 0 aliphatic carbocycles. The number of hydrogen-bond donors (Lipinski definition) is 3. The van der Waals surface area contributed by atoms with Crippen LogP contribution in [0.15, 0.2) is 0 Å². The molecule has 0 bridgehead atoms.